The molecule has 0 spiro atoms. The molecule has 0 atom stereocenters. The fourth-order valence-corrected chi connectivity index (χ4v) is 1.98. The number of ether oxygens (including phenoxy) is 1. The van der Waals surface area contributed by atoms with E-state index >= 15 is 0 Å². The number of methoxy groups -OCH3 is 1. The smallest absolute Gasteiger partial charge is 0.323 e. The minimum absolute atomic E-state index is 0.295. The van der Waals surface area contributed by atoms with Crippen LogP contribution in [0.25, 0.3) is 0 Å². The van der Waals surface area contributed by atoms with Gasteiger partial charge in [-0.2, -0.15) is 0 Å². The van der Waals surface area contributed by atoms with Gasteiger partial charge in [-0.1, -0.05) is 38.1 Å². The molecular formula is C17H20N2O2. The van der Waals surface area contributed by atoms with Crippen LogP contribution in [0.15, 0.2) is 48.5 Å². The van der Waals surface area contributed by atoms with Crippen molar-refractivity contribution in [1.82, 2.24) is 0 Å². The van der Waals surface area contributed by atoms with Crippen molar-refractivity contribution in [2.24, 2.45) is 0 Å². The van der Waals surface area contributed by atoms with Gasteiger partial charge in [-0.3, -0.25) is 0 Å². The summed E-state index contributed by atoms with van der Waals surface area (Å²) in [5.41, 5.74) is 2.56. The maximum absolute atomic E-state index is 12.0. The van der Waals surface area contributed by atoms with E-state index in [0.29, 0.717) is 17.4 Å². The quantitative estimate of drug-likeness (QED) is 0.870. The highest BCUT2D eigenvalue weighted by molar-refractivity contribution is 6.00. The van der Waals surface area contributed by atoms with Crippen LogP contribution in [0.2, 0.25) is 0 Å². The second-order valence-corrected chi connectivity index (χ2v) is 5.06. The molecule has 0 fully saturated rings. The molecule has 0 aromatic heterocycles. The fraction of sp³-hybridized carbons (Fsp3) is 0.235. The van der Waals surface area contributed by atoms with Gasteiger partial charge in [0, 0.05) is 5.69 Å². The maximum atomic E-state index is 12.0. The molecule has 2 aromatic carbocycles. The van der Waals surface area contributed by atoms with E-state index in [9.17, 15) is 4.79 Å². The first-order valence-corrected chi connectivity index (χ1v) is 6.91. The molecule has 0 saturated heterocycles. The van der Waals surface area contributed by atoms with Gasteiger partial charge in [0.15, 0.2) is 0 Å². The molecule has 2 amide bonds. The van der Waals surface area contributed by atoms with Crippen molar-refractivity contribution < 1.29 is 9.53 Å². The standard InChI is InChI=1S/C17H20N2O2/c1-12(2)13-9-10-15(16(11-13)21-3)19-17(20)18-14-7-5-4-6-8-14/h4-12H,1-3H3,(H2,18,19,20). The van der Waals surface area contributed by atoms with Crippen LogP contribution in [0, 0.1) is 0 Å². The van der Waals surface area contributed by atoms with Gasteiger partial charge >= 0.3 is 6.03 Å². The first kappa shape index (κ1) is 14.9. The minimum Gasteiger partial charge on any atom is -0.495 e. The number of carbonyl (C=O) groups excluding carboxylic acids is 1. The Bertz CT molecular complexity index is 609. The molecule has 0 unspecified atom stereocenters. The molecule has 2 N–H and O–H groups in total. The van der Waals surface area contributed by atoms with Crippen LogP contribution in [0.3, 0.4) is 0 Å². The zero-order chi connectivity index (χ0) is 15.2. The summed E-state index contributed by atoms with van der Waals surface area (Å²) >= 11 is 0. The predicted octanol–water partition coefficient (Wildman–Crippen LogP) is 4.46. The second kappa shape index (κ2) is 6.79. The topological polar surface area (TPSA) is 50.4 Å². The molecule has 0 bridgehead atoms. The summed E-state index contributed by atoms with van der Waals surface area (Å²) in [6.45, 7) is 4.23. The number of hydrogen-bond acceptors (Lipinski definition) is 2. The van der Waals surface area contributed by atoms with Crippen LogP contribution in [-0.2, 0) is 0 Å². The Labute approximate surface area is 125 Å². The first-order valence-electron chi connectivity index (χ1n) is 6.91. The van der Waals surface area contributed by atoms with Crippen LogP contribution in [-0.4, -0.2) is 13.1 Å². The van der Waals surface area contributed by atoms with E-state index in [1.165, 1.54) is 5.56 Å². The molecule has 2 aromatic rings. The molecule has 0 radical (unpaired) electrons. The van der Waals surface area contributed by atoms with Gasteiger partial charge in [-0.05, 0) is 35.7 Å². The number of anilines is 2. The van der Waals surface area contributed by atoms with Crippen LogP contribution in [0.4, 0.5) is 16.2 Å². The zero-order valence-corrected chi connectivity index (χ0v) is 12.5. The van der Waals surface area contributed by atoms with Crippen LogP contribution in [0.1, 0.15) is 25.3 Å². The molecule has 0 aliphatic heterocycles. The maximum Gasteiger partial charge on any atom is 0.323 e. The van der Waals surface area contributed by atoms with Crippen molar-refractivity contribution in [3.63, 3.8) is 0 Å². The lowest BCUT2D eigenvalue weighted by Crippen LogP contribution is -2.19. The number of rotatable bonds is 4. The predicted molar refractivity (Wildman–Crippen MR) is 86.2 cm³/mol. The molecular weight excluding hydrogens is 264 g/mol. The van der Waals surface area contributed by atoms with E-state index < -0.39 is 0 Å². The largest absolute Gasteiger partial charge is 0.495 e. The fourth-order valence-electron chi connectivity index (χ4n) is 1.98. The number of benzene rings is 2. The van der Waals surface area contributed by atoms with E-state index in [0.717, 1.165) is 5.69 Å². The molecule has 2 rings (SSSR count). The number of carbonyl (C=O) groups is 1. The van der Waals surface area contributed by atoms with E-state index in [4.69, 9.17) is 4.74 Å². The number of urea groups is 1. The second-order valence-electron chi connectivity index (χ2n) is 5.06. The van der Waals surface area contributed by atoms with Crippen molar-refractivity contribution in [2.45, 2.75) is 19.8 Å². The van der Waals surface area contributed by atoms with Gasteiger partial charge < -0.3 is 15.4 Å². The highest BCUT2D eigenvalue weighted by atomic mass is 16.5. The molecule has 0 saturated carbocycles. The Kier molecular flexibility index (Phi) is 4.82. The van der Waals surface area contributed by atoms with Crippen LogP contribution in [0.5, 0.6) is 5.75 Å². The lowest BCUT2D eigenvalue weighted by molar-refractivity contribution is 0.262. The van der Waals surface area contributed by atoms with Crippen LogP contribution >= 0.6 is 0 Å². The number of nitrogens with one attached hydrogen (secondary N) is 2. The van der Waals surface area contributed by atoms with Gasteiger partial charge in [0.05, 0.1) is 12.8 Å². The Morgan fingerprint density at radius 1 is 1.05 bits per heavy atom. The third-order valence-electron chi connectivity index (χ3n) is 3.17. The lowest BCUT2D eigenvalue weighted by Gasteiger charge is -2.14. The Morgan fingerprint density at radius 2 is 1.76 bits per heavy atom. The van der Waals surface area contributed by atoms with Gasteiger partial charge in [0.1, 0.15) is 5.75 Å². The van der Waals surface area contributed by atoms with Crippen molar-refractivity contribution in [1.29, 1.82) is 0 Å². The third kappa shape index (κ3) is 3.99. The summed E-state index contributed by atoms with van der Waals surface area (Å²) in [4.78, 5) is 12.0. The lowest BCUT2D eigenvalue weighted by atomic mass is 10.0. The summed E-state index contributed by atoms with van der Waals surface area (Å²) in [7, 11) is 1.60. The molecule has 110 valence electrons. The average Bonchev–Trinajstić information content (AvgIpc) is 2.48. The number of hydrogen-bond donors (Lipinski definition) is 2. The first-order chi connectivity index (χ1) is 10.1. The van der Waals surface area contributed by atoms with E-state index in [1.807, 2.05) is 48.5 Å². The zero-order valence-electron chi connectivity index (χ0n) is 12.5. The Morgan fingerprint density at radius 3 is 2.38 bits per heavy atom. The summed E-state index contributed by atoms with van der Waals surface area (Å²) < 4.78 is 5.34. The molecule has 0 aliphatic carbocycles. The Balaban J connectivity index is 2.10. The minimum atomic E-state index is -0.295. The summed E-state index contributed by atoms with van der Waals surface area (Å²) in [5.74, 6) is 1.07. The van der Waals surface area contributed by atoms with E-state index in [2.05, 4.69) is 24.5 Å². The van der Waals surface area contributed by atoms with E-state index in [1.54, 1.807) is 7.11 Å². The number of para-hydroxylation sites is 1. The van der Waals surface area contributed by atoms with Crippen molar-refractivity contribution in [3.8, 4) is 5.75 Å². The highest BCUT2D eigenvalue weighted by Gasteiger charge is 2.10. The van der Waals surface area contributed by atoms with Crippen molar-refractivity contribution in [2.75, 3.05) is 17.7 Å². The molecule has 4 heteroatoms. The summed E-state index contributed by atoms with van der Waals surface area (Å²) in [5, 5.41) is 5.57. The molecule has 0 aliphatic rings. The number of amides is 2. The van der Waals surface area contributed by atoms with Crippen LogP contribution < -0.4 is 15.4 Å². The highest BCUT2D eigenvalue weighted by Crippen LogP contribution is 2.28. The van der Waals surface area contributed by atoms with Gasteiger partial charge in [-0.15, -0.1) is 0 Å². The molecule has 21 heavy (non-hydrogen) atoms. The summed E-state index contributed by atoms with van der Waals surface area (Å²) in [6.07, 6.45) is 0. The van der Waals surface area contributed by atoms with E-state index in [-0.39, 0.29) is 6.03 Å². The monoisotopic (exact) mass is 284 g/mol. The normalized spacial score (nSPS) is 10.3. The van der Waals surface area contributed by atoms with Gasteiger partial charge in [-0.25, -0.2) is 4.79 Å². The third-order valence-corrected chi connectivity index (χ3v) is 3.17. The summed E-state index contributed by atoms with van der Waals surface area (Å²) in [6, 6.07) is 14.8. The van der Waals surface area contributed by atoms with Gasteiger partial charge in [0.2, 0.25) is 0 Å². The molecule has 0 heterocycles. The van der Waals surface area contributed by atoms with Crippen molar-refractivity contribution >= 4 is 17.4 Å². The molecule has 4 nitrogen and oxygen atoms in total. The van der Waals surface area contributed by atoms with Gasteiger partial charge in [0.25, 0.3) is 0 Å². The average molecular weight is 284 g/mol. The SMILES string of the molecule is COc1cc(C(C)C)ccc1NC(=O)Nc1ccccc1. The van der Waals surface area contributed by atoms with Crippen molar-refractivity contribution in [3.05, 3.63) is 54.1 Å². The Hall–Kier alpha value is -2.49.